The van der Waals surface area contributed by atoms with E-state index in [1.165, 1.54) is 56.5 Å². The number of fused-ring (bicyclic) bond motifs is 5. The Morgan fingerprint density at radius 2 is 1.35 bits per heavy atom. The minimum Gasteiger partial charge on any atom is -0.0619 e. The number of hydrogen-bond acceptors (Lipinski definition) is 0. The van der Waals surface area contributed by atoms with Crippen molar-refractivity contribution in [2.45, 2.75) is 38.0 Å². The van der Waals surface area contributed by atoms with Gasteiger partial charge in [-0.1, -0.05) is 114 Å². The fourth-order valence-corrected chi connectivity index (χ4v) is 6.39. The lowest BCUT2D eigenvalue weighted by atomic mass is 9.85. The molecular formula is C34H28. The molecule has 34 heavy (non-hydrogen) atoms. The van der Waals surface area contributed by atoms with Crippen molar-refractivity contribution in [2.75, 3.05) is 0 Å². The molecule has 0 aromatic heterocycles. The third-order valence-corrected chi connectivity index (χ3v) is 7.97. The smallest absolute Gasteiger partial charge is 0.0273 e. The third kappa shape index (κ3) is 3.29. The van der Waals surface area contributed by atoms with E-state index < -0.39 is 0 Å². The first-order valence-corrected chi connectivity index (χ1v) is 12.6. The van der Waals surface area contributed by atoms with E-state index in [0.29, 0.717) is 5.92 Å². The maximum atomic E-state index is 2.48. The van der Waals surface area contributed by atoms with Crippen molar-refractivity contribution >= 4 is 12.2 Å². The average molecular weight is 437 g/mol. The van der Waals surface area contributed by atoms with Gasteiger partial charge in [-0.2, -0.15) is 0 Å². The molecular weight excluding hydrogens is 408 g/mol. The highest BCUT2D eigenvalue weighted by molar-refractivity contribution is 5.77. The number of allylic oxidation sites excluding steroid dienone is 2. The summed E-state index contributed by atoms with van der Waals surface area (Å²) < 4.78 is 0. The molecule has 0 fully saturated rings. The quantitative estimate of drug-likeness (QED) is 0.259. The zero-order valence-corrected chi connectivity index (χ0v) is 19.4. The minimum atomic E-state index is 0.443. The van der Waals surface area contributed by atoms with Crippen molar-refractivity contribution in [3.63, 3.8) is 0 Å². The zero-order chi connectivity index (χ0) is 22.5. The predicted molar refractivity (Wildman–Crippen MR) is 143 cm³/mol. The topological polar surface area (TPSA) is 0 Å². The predicted octanol–water partition coefficient (Wildman–Crippen LogP) is 8.40. The van der Waals surface area contributed by atoms with Crippen molar-refractivity contribution in [2.24, 2.45) is 0 Å². The maximum Gasteiger partial charge on any atom is 0.0273 e. The van der Waals surface area contributed by atoms with E-state index in [2.05, 4.69) is 103 Å². The van der Waals surface area contributed by atoms with E-state index in [1.807, 2.05) is 0 Å². The van der Waals surface area contributed by atoms with Gasteiger partial charge in [-0.25, -0.2) is 0 Å². The Bertz CT molecular complexity index is 1480. The second-order valence-electron chi connectivity index (χ2n) is 10.1. The van der Waals surface area contributed by atoms with Crippen LogP contribution < -0.4 is 0 Å². The summed E-state index contributed by atoms with van der Waals surface area (Å²) in [5.74, 6) is 0.443. The fourth-order valence-electron chi connectivity index (χ4n) is 6.39. The van der Waals surface area contributed by atoms with Crippen LogP contribution in [0.4, 0.5) is 0 Å². The molecule has 0 heteroatoms. The molecule has 0 N–H and O–H groups in total. The Balaban J connectivity index is 1.09. The lowest BCUT2D eigenvalue weighted by Gasteiger charge is -2.19. The van der Waals surface area contributed by atoms with Crippen LogP contribution in [0, 0.1) is 0 Å². The number of rotatable bonds is 5. The summed E-state index contributed by atoms with van der Waals surface area (Å²) in [7, 11) is 0. The van der Waals surface area contributed by atoms with Gasteiger partial charge >= 0.3 is 0 Å². The molecule has 164 valence electrons. The van der Waals surface area contributed by atoms with Gasteiger partial charge in [0, 0.05) is 5.92 Å². The van der Waals surface area contributed by atoms with Crippen LogP contribution in [0.15, 0.2) is 102 Å². The van der Waals surface area contributed by atoms with Gasteiger partial charge in [0.25, 0.3) is 0 Å². The van der Waals surface area contributed by atoms with Gasteiger partial charge in [-0.15, -0.1) is 0 Å². The number of hydrogen-bond donors (Lipinski definition) is 0. The van der Waals surface area contributed by atoms with E-state index in [0.717, 1.165) is 25.7 Å². The summed E-state index contributed by atoms with van der Waals surface area (Å²) >= 11 is 0. The first kappa shape index (κ1) is 19.8. The van der Waals surface area contributed by atoms with E-state index >= 15 is 0 Å². The molecule has 1 atom stereocenters. The Labute approximate surface area is 202 Å². The largest absolute Gasteiger partial charge is 0.0619 e. The van der Waals surface area contributed by atoms with E-state index in [9.17, 15) is 0 Å². The number of aryl methyl sites for hydroxylation is 1. The highest BCUT2D eigenvalue weighted by Gasteiger charge is 2.30. The van der Waals surface area contributed by atoms with Crippen LogP contribution in [-0.4, -0.2) is 0 Å². The van der Waals surface area contributed by atoms with Gasteiger partial charge in [-0.05, 0) is 82.2 Å². The second-order valence-corrected chi connectivity index (χ2v) is 10.1. The first-order valence-electron chi connectivity index (χ1n) is 12.6. The highest BCUT2D eigenvalue weighted by atomic mass is 14.3. The van der Waals surface area contributed by atoms with Crippen molar-refractivity contribution in [3.8, 4) is 11.1 Å². The van der Waals surface area contributed by atoms with Gasteiger partial charge < -0.3 is 0 Å². The van der Waals surface area contributed by atoms with E-state index in [-0.39, 0.29) is 0 Å². The van der Waals surface area contributed by atoms with Gasteiger partial charge in [0.1, 0.15) is 0 Å². The fraction of sp³-hybridized carbons (Fsp3) is 0.176. The molecule has 7 rings (SSSR count). The normalized spacial score (nSPS) is 17.0. The minimum absolute atomic E-state index is 0.443. The van der Waals surface area contributed by atoms with Crippen molar-refractivity contribution in [3.05, 3.63) is 141 Å². The molecule has 1 unspecified atom stereocenters. The van der Waals surface area contributed by atoms with Gasteiger partial charge in [-0.3, -0.25) is 0 Å². The maximum absolute atomic E-state index is 2.48. The second kappa shape index (κ2) is 7.99. The molecule has 0 saturated carbocycles. The summed E-state index contributed by atoms with van der Waals surface area (Å²) in [5, 5.41) is 0. The highest BCUT2D eigenvalue weighted by Crippen LogP contribution is 2.46. The third-order valence-electron chi connectivity index (χ3n) is 7.97. The van der Waals surface area contributed by atoms with Crippen LogP contribution in [-0.2, 0) is 19.3 Å². The van der Waals surface area contributed by atoms with Crippen LogP contribution in [0.2, 0.25) is 0 Å². The van der Waals surface area contributed by atoms with E-state index in [4.69, 9.17) is 0 Å². The van der Waals surface area contributed by atoms with Crippen molar-refractivity contribution in [1.29, 1.82) is 0 Å². The Hall–Kier alpha value is -3.64. The van der Waals surface area contributed by atoms with Crippen LogP contribution >= 0.6 is 0 Å². The number of benzene rings is 4. The molecule has 0 nitrogen and oxygen atoms in total. The summed E-state index contributed by atoms with van der Waals surface area (Å²) in [6, 6.07) is 33.9. The molecule has 0 spiro atoms. The summed E-state index contributed by atoms with van der Waals surface area (Å²) in [6.07, 6.45) is 10.6. The molecule has 3 aliphatic rings. The molecule has 0 aliphatic heterocycles. The molecule has 0 bridgehead atoms. The lowest BCUT2D eigenvalue weighted by Crippen LogP contribution is -2.04. The summed E-state index contributed by atoms with van der Waals surface area (Å²) in [4.78, 5) is 0. The Kier molecular flexibility index (Phi) is 4.65. The molecule has 0 saturated heterocycles. The van der Waals surface area contributed by atoms with Crippen LogP contribution in [0.5, 0.6) is 0 Å². The monoisotopic (exact) mass is 436 g/mol. The first-order chi connectivity index (χ1) is 16.8. The van der Waals surface area contributed by atoms with Crippen molar-refractivity contribution < 1.29 is 0 Å². The standard InChI is InChI=1S/C34H28/c1-2-10-25-20-30(19-24(25)9-1)34-28(21-27-12-4-6-15-33(27)34)13-7-8-23-16-17-32-29(18-23)22-26-11-3-5-14-31(26)32/h1-6,9-12,14-19,21,34H,7-8,13,20,22H2. The zero-order valence-electron chi connectivity index (χ0n) is 19.4. The molecule has 0 heterocycles. The molecule has 3 aliphatic carbocycles. The van der Waals surface area contributed by atoms with Gasteiger partial charge in [0.05, 0.1) is 0 Å². The SMILES string of the molecule is C1=C(CCCc2ccc3c(c2)Cc2ccccc2-3)C(C2=Cc3ccccc3C2)c2ccccc21. The molecule has 0 radical (unpaired) electrons. The van der Waals surface area contributed by atoms with Crippen LogP contribution in [0.3, 0.4) is 0 Å². The van der Waals surface area contributed by atoms with E-state index in [1.54, 1.807) is 11.1 Å². The summed E-state index contributed by atoms with van der Waals surface area (Å²) in [6.45, 7) is 0. The molecule has 0 amide bonds. The molecule has 4 aromatic rings. The van der Waals surface area contributed by atoms with Crippen molar-refractivity contribution in [1.82, 2.24) is 0 Å². The summed E-state index contributed by atoms with van der Waals surface area (Å²) in [5.41, 5.74) is 16.2. The van der Waals surface area contributed by atoms with Gasteiger partial charge in [0.2, 0.25) is 0 Å². The Morgan fingerprint density at radius 3 is 2.26 bits per heavy atom. The Morgan fingerprint density at radius 1 is 0.588 bits per heavy atom. The van der Waals surface area contributed by atoms with Crippen LogP contribution in [0.25, 0.3) is 23.3 Å². The lowest BCUT2D eigenvalue weighted by molar-refractivity contribution is 0.762. The average Bonchev–Trinajstić information content (AvgIpc) is 3.56. The van der Waals surface area contributed by atoms with Crippen LogP contribution in [0.1, 0.15) is 57.7 Å². The molecule has 4 aromatic carbocycles. The van der Waals surface area contributed by atoms with Gasteiger partial charge in [0.15, 0.2) is 0 Å².